The van der Waals surface area contributed by atoms with Gasteiger partial charge in [-0.3, -0.25) is 0 Å². The molecule has 0 fully saturated rings. The number of esters is 1. The topological polar surface area (TPSA) is 52.3 Å². The summed E-state index contributed by atoms with van der Waals surface area (Å²) in [5.41, 5.74) is 6.95. The maximum atomic E-state index is 11.8. The van der Waals surface area contributed by atoms with Crippen LogP contribution in [-0.2, 0) is 0 Å². The van der Waals surface area contributed by atoms with Gasteiger partial charge in [0.2, 0.25) is 0 Å². The molecule has 92 valence electrons. The second-order valence-corrected chi connectivity index (χ2v) is 4.33. The van der Waals surface area contributed by atoms with Crippen molar-refractivity contribution in [2.24, 2.45) is 5.73 Å². The Morgan fingerprint density at radius 3 is 2.22 bits per heavy atom. The average molecular weight is 259 g/mol. The lowest BCUT2D eigenvalue weighted by Gasteiger charge is -2.06. The monoisotopic (exact) mass is 259 g/mol. The Kier molecular flexibility index (Phi) is 4.02. The first-order valence-electron chi connectivity index (χ1n) is 5.47. The Hall–Kier alpha value is -1.78. The van der Waals surface area contributed by atoms with Crippen LogP contribution >= 0.6 is 12.6 Å². The predicted octanol–water partition coefficient (Wildman–Crippen LogP) is 2.79. The van der Waals surface area contributed by atoms with Gasteiger partial charge < -0.3 is 10.5 Å². The van der Waals surface area contributed by atoms with Crippen molar-refractivity contribution in [3.05, 3.63) is 65.7 Å². The lowest BCUT2D eigenvalue weighted by molar-refractivity contribution is 0.0735. The number of para-hydroxylation sites is 1. The molecule has 0 bridgehead atoms. The van der Waals surface area contributed by atoms with Crippen LogP contribution < -0.4 is 10.5 Å². The quantitative estimate of drug-likeness (QED) is 0.386. The van der Waals surface area contributed by atoms with Crippen molar-refractivity contribution >= 4 is 18.6 Å². The van der Waals surface area contributed by atoms with E-state index in [1.54, 1.807) is 36.4 Å². The molecule has 0 heterocycles. The minimum atomic E-state index is -0.388. The molecule has 1 unspecified atom stereocenters. The molecule has 4 heteroatoms. The number of hydrogen-bond acceptors (Lipinski definition) is 4. The van der Waals surface area contributed by atoms with E-state index in [1.165, 1.54) is 0 Å². The van der Waals surface area contributed by atoms with Gasteiger partial charge in [-0.1, -0.05) is 30.3 Å². The van der Waals surface area contributed by atoms with Gasteiger partial charge in [-0.2, -0.15) is 12.6 Å². The van der Waals surface area contributed by atoms with Gasteiger partial charge in [0.1, 0.15) is 5.75 Å². The molecule has 0 saturated heterocycles. The van der Waals surface area contributed by atoms with Crippen LogP contribution in [-0.4, -0.2) is 5.97 Å². The molecule has 1 atom stereocenters. The molecule has 2 rings (SSSR count). The summed E-state index contributed by atoms with van der Waals surface area (Å²) in [6.45, 7) is 0. The summed E-state index contributed by atoms with van der Waals surface area (Å²) in [6, 6.07) is 15.8. The van der Waals surface area contributed by atoms with Gasteiger partial charge in [-0.05, 0) is 29.8 Å². The third-order valence-corrected chi connectivity index (χ3v) is 2.74. The van der Waals surface area contributed by atoms with Crippen LogP contribution in [0.1, 0.15) is 21.3 Å². The summed E-state index contributed by atoms with van der Waals surface area (Å²) < 4.78 is 5.21. The highest BCUT2D eigenvalue weighted by Gasteiger charge is 2.09. The maximum Gasteiger partial charge on any atom is 0.343 e. The summed E-state index contributed by atoms with van der Waals surface area (Å²) in [5.74, 6) is 0.137. The molecule has 0 amide bonds. The Labute approximate surface area is 111 Å². The number of hydrogen-bond donors (Lipinski definition) is 2. The Balaban J connectivity index is 2.10. The zero-order chi connectivity index (χ0) is 13.0. The van der Waals surface area contributed by atoms with Crippen LogP contribution in [0.4, 0.5) is 0 Å². The molecule has 0 aliphatic heterocycles. The second-order valence-electron chi connectivity index (χ2n) is 3.77. The normalized spacial score (nSPS) is 11.9. The van der Waals surface area contributed by atoms with Crippen LogP contribution in [0.15, 0.2) is 54.6 Å². The van der Waals surface area contributed by atoms with Gasteiger partial charge in [-0.15, -0.1) is 0 Å². The molecule has 0 spiro atoms. The van der Waals surface area contributed by atoms with Crippen LogP contribution in [0, 0.1) is 0 Å². The molecular formula is C14H13NO2S. The molecule has 2 aromatic carbocycles. The van der Waals surface area contributed by atoms with Crippen molar-refractivity contribution < 1.29 is 9.53 Å². The lowest BCUT2D eigenvalue weighted by atomic mass is 10.1. The zero-order valence-corrected chi connectivity index (χ0v) is 10.5. The van der Waals surface area contributed by atoms with E-state index >= 15 is 0 Å². The number of nitrogens with two attached hydrogens (primary N) is 1. The molecular weight excluding hydrogens is 246 g/mol. The van der Waals surface area contributed by atoms with E-state index in [4.69, 9.17) is 10.5 Å². The van der Waals surface area contributed by atoms with Crippen LogP contribution in [0.3, 0.4) is 0 Å². The van der Waals surface area contributed by atoms with E-state index in [2.05, 4.69) is 12.6 Å². The summed E-state index contributed by atoms with van der Waals surface area (Å²) in [6.07, 6.45) is 0. The fraction of sp³-hybridized carbons (Fsp3) is 0.0714. The zero-order valence-electron chi connectivity index (χ0n) is 9.61. The molecule has 0 saturated carbocycles. The molecule has 0 aromatic heterocycles. The van der Waals surface area contributed by atoms with E-state index in [0.717, 1.165) is 5.56 Å². The molecule has 2 N–H and O–H groups in total. The summed E-state index contributed by atoms with van der Waals surface area (Å²) in [5, 5.41) is -0.343. The number of ether oxygens (including phenoxy) is 1. The summed E-state index contributed by atoms with van der Waals surface area (Å²) in [4.78, 5) is 11.8. The van der Waals surface area contributed by atoms with Crippen molar-refractivity contribution in [3.8, 4) is 5.75 Å². The highest BCUT2D eigenvalue weighted by atomic mass is 32.1. The Morgan fingerprint density at radius 1 is 1.06 bits per heavy atom. The fourth-order valence-corrected chi connectivity index (χ4v) is 1.64. The van der Waals surface area contributed by atoms with E-state index in [9.17, 15) is 4.79 Å². The van der Waals surface area contributed by atoms with Gasteiger partial charge in [-0.25, -0.2) is 4.79 Å². The first-order chi connectivity index (χ1) is 8.66. The standard InChI is InChI=1S/C14H13NO2S/c15-13(18)10-6-8-11(9-7-10)14(16)17-12-4-2-1-3-5-12/h1-9,13,18H,15H2. The van der Waals surface area contributed by atoms with E-state index in [0.29, 0.717) is 11.3 Å². The lowest BCUT2D eigenvalue weighted by Crippen LogP contribution is -2.09. The second kappa shape index (κ2) is 5.71. The van der Waals surface area contributed by atoms with E-state index in [-0.39, 0.29) is 11.3 Å². The SMILES string of the molecule is NC(S)c1ccc(C(=O)Oc2ccccc2)cc1. The maximum absolute atomic E-state index is 11.8. The molecule has 18 heavy (non-hydrogen) atoms. The van der Waals surface area contributed by atoms with Gasteiger partial charge >= 0.3 is 5.97 Å². The van der Waals surface area contributed by atoms with Crippen molar-refractivity contribution in [3.63, 3.8) is 0 Å². The molecule has 0 radical (unpaired) electrons. The van der Waals surface area contributed by atoms with E-state index < -0.39 is 0 Å². The highest BCUT2D eigenvalue weighted by Crippen LogP contribution is 2.16. The van der Waals surface area contributed by atoms with Crippen LogP contribution in [0.25, 0.3) is 0 Å². The third kappa shape index (κ3) is 3.12. The minimum absolute atomic E-state index is 0.343. The van der Waals surface area contributed by atoms with Crippen molar-refractivity contribution in [1.82, 2.24) is 0 Å². The van der Waals surface area contributed by atoms with Crippen LogP contribution in [0.2, 0.25) is 0 Å². The minimum Gasteiger partial charge on any atom is -0.423 e. The Morgan fingerprint density at radius 2 is 1.67 bits per heavy atom. The first kappa shape index (κ1) is 12.7. The van der Waals surface area contributed by atoms with Crippen molar-refractivity contribution in [2.75, 3.05) is 0 Å². The van der Waals surface area contributed by atoms with E-state index in [1.807, 2.05) is 18.2 Å². The number of rotatable bonds is 3. The molecule has 0 aliphatic carbocycles. The van der Waals surface area contributed by atoms with Crippen molar-refractivity contribution in [2.45, 2.75) is 5.37 Å². The van der Waals surface area contributed by atoms with Gasteiger partial charge in [0.05, 0.1) is 10.9 Å². The van der Waals surface area contributed by atoms with Gasteiger partial charge in [0, 0.05) is 0 Å². The molecule has 3 nitrogen and oxygen atoms in total. The van der Waals surface area contributed by atoms with Crippen molar-refractivity contribution in [1.29, 1.82) is 0 Å². The van der Waals surface area contributed by atoms with Gasteiger partial charge in [0.15, 0.2) is 0 Å². The number of carbonyl (C=O) groups excluding carboxylic acids is 1. The summed E-state index contributed by atoms with van der Waals surface area (Å²) >= 11 is 4.12. The number of benzene rings is 2. The smallest absolute Gasteiger partial charge is 0.343 e. The molecule has 2 aromatic rings. The highest BCUT2D eigenvalue weighted by molar-refractivity contribution is 7.80. The number of carbonyl (C=O) groups is 1. The number of thiol groups is 1. The predicted molar refractivity (Wildman–Crippen MR) is 73.8 cm³/mol. The third-order valence-electron chi connectivity index (χ3n) is 2.44. The summed E-state index contributed by atoms with van der Waals surface area (Å²) in [7, 11) is 0. The largest absolute Gasteiger partial charge is 0.423 e. The fourth-order valence-electron chi connectivity index (χ4n) is 1.47. The van der Waals surface area contributed by atoms with Crippen LogP contribution in [0.5, 0.6) is 5.75 Å². The first-order valence-corrected chi connectivity index (χ1v) is 5.99. The molecule has 0 aliphatic rings. The van der Waals surface area contributed by atoms with Gasteiger partial charge in [0.25, 0.3) is 0 Å². The average Bonchev–Trinajstić information content (AvgIpc) is 2.40. The Bertz CT molecular complexity index is 523.